The third-order valence-corrected chi connectivity index (χ3v) is 6.99. The van der Waals surface area contributed by atoms with Crippen molar-refractivity contribution >= 4 is 33.5 Å². The van der Waals surface area contributed by atoms with Gasteiger partial charge in [0.05, 0.1) is 10.9 Å². The highest BCUT2D eigenvalue weighted by molar-refractivity contribution is 6.07. The molecule has 3 heterocycles. The molecular formula is C31H24FN5O3. The summed E-state index contributed by atoms with van der Waals surface area (Å²) in [6, 6.07) is 19.2. The molecule has 6 rings (SSSR count). The lowest BCUT2D eigenvalue weighted by atomic mass is 10.1. The number of carbonyl (C=O) groups excluding carboxylic acids is 1. The van der Waals surface area contributed by atoms with Crippen LogP contribution in [0.2, 0.25) is 0 Å². The first-order valence-corrected chi connectivity index (χ1v) is 12.6. The molecular weight excluding hydrogens is 509 g/mol. The fourth-order valence-electron chi connectivity index (χ4n) is 4.86. The molecule has 9 heteroatoms. The predicted molar refractivity (Wildman–Crippen MR) is 152 cm³/mol. The van der Waals surface area contributed by atoms with Crippen molar-refractivity contribution in [3.8, 4) is 22.8 Å². The molecule has 0 atom stereocenters. The summed E-state index contributed by atoms with van der Waals surface area (Å²) in [6.07, 6.45) is 3.14. The molecule has 0 spiro atoms. The number of ether oxygens (including phenoxy) is 1. The highest BCUT2D eigenvalue weighted by Crippen LogP contribution is 2.36. The fraction of sp³-hybridized carbons (Fsp3) is 0.0968. The lowest BCUT2D eigenvalue weighted by molar-refractivity contribution is 0.102. The summed E-state index contributed by atoms with van der Waals surface area (Å²) in [7, 11) is 1.80. The number of benzene rings is 3. The number of aryl methyl sites for hydroxylation is 2. The zero-order chi connectivity index (χ0) is 28.0. The molecule has 3 aromatic heterocycles. The van der Waals surface area contributed by atoms with Gasteiger partial charge in [-0.05, 0) is 43.7 Å². The number of nitrogens with one attached hydrogen (secondary N) is 2. The summed E-state index contributed by atoms with van der Waals surface area (Å²) in [5.41, 5.74) is 4.26. The number of nitrogens with zero attached hydrogens (tertiary/aromatic N) is 3. The van der Waals surface area contributed by atoms with Crippen LogP contribution in [0.5, 0.6) is 11.6 Å². The first-order chi connectivity index (χ1) is 19.3. The lowest BCUT2D eigenvalue weighted by Gasteiger charge is -2.15. The van der Waals surface area contributed by atoms with Crippen molar-refractivity contribution < 1.29 is 13.9 Å². The van der Waals surface area contributed by atoms with E-state index in [2.05, 4.69) is 20.3 Å². The Kier molecular flexibility index (Phi) is 6.11. The molecule has 0 saturated carbocycles. The van der Waals surface area contributed by atoms with E-state index in [1.807, 2.05) is 49.4 Å². The van der Waals surface area contributed by atoms with Crippen molar-refractivity contribution in [3.63, 3.8) is 0 Å². The largest absolute Gasteiger partial charge is 0.435 e. The minimum atomic E-state index is -0.708. The number of anilines is 1. The minimum absolute atomic E-state index is 0.00520. The molecule has 0 bridgehead atoms. The molecule has 40 heavy (non-hydrogen) atoms. The Morgan fingerprint density at radius 2 is 1.82 bits per heavy atom. The van der Waals surface area contributed by atoms with Crippen LogP contribution in [0.3, 0.4) is 0 Å². The molecule has 0 aliphatic carbocycles. The van der Waals surface area contributed by atoms with Gasteiger partial charge in [0.25, 0.3) is 5.91 Å². The van der Waals surface area contributed by atoms with Crippen molar-refractivity contribution in [3.05, 3.63) is 112 Å². The van der Waals surface area contributed by atoms with Crippen LogP contribution in [-0.2, 0) is 7.05 Å². The molecule has 3 aromatic carbocycles. The smallest absolute Gasteiger partial charge is 0.261 e. The van der Waals surface area contributed by atoms with E-state index in [1.165, 1.54) is 18.5 Å². The zero-order valence-corrected chi connectivity index (χ0v) is 21.9. The molecule has 1 amide bonds. The number of aromatic nitrogens is 4. The third kappa shape index (κ3) is 4.27. The number of hydrogen-bond acceptors (Lipinski definition) is 5. The summed E-state index contributed by atoms with van der Waals surface area (Å²) >= 11 is 0. The average molecular weight is 534 g/mol. The third-order valence-electron chi connectivity index (χ3n) is 6.99. The summed E-state index contributed by atoms with van der Waals surface area (Å²) < 4.78 is 22.9. The highest BCUT2D eigenvalue weighted by atomic mass is 19.1. The Hall–Kier alpha value is -5.31. The Morgan fingerprint density at radius 1 is 1.02 bits per heavy atom. The van der Waals surface area contributed by atoms with E-state index in [0.717, 1.165) is 28.3 Å². The Balaban J connectivity index is 1.30. The number of carbonyl (C=O) groups is 1. The molecule has 2 N–H and O–H groups in total. The SMILES string of the molecule is Cc1ccc2c(c1)c(=O)c(C(=O)Nc1ccc(Oc3ncnc4[nH]cc(-c5ccccc5)c34)c(F)c1)c(C)n2C. The van der Waals surface area contributed by atoms with E-state index in [-0.39, 0.29) is 28.3 Å². The maximum absolute atomic E-state index is 15.2. The van der Waals surface area contributed by atoms with Gasteiger partial charge >= 0.3 is 0 Å². The fourth-order valence-corrected chi connectivity index (χ4v) is 4.86. The van der Waals surface area contributed by atoms with Crippen molar-refractivity contribution in [1.82, 2.24) is 19.5 Å². The molecule has 0 aliphatic heterocycles. The van der Waals surface area contributed by atoms with Crippen LogP contribution in [0.4, 0.5) is 10.1 Å². The second-order valence-electron chi connectivity index (χ2n) is 9.54. The number of aromatic amines is 1. The van der Waals surface area contributed by atoms with Crippen LogP contribution in [0, 0.1) is 19.7 Å². The maximum Gasteiger partial charge on any atom is 0.261 e. The summed E-state index contributed by atoms with van der Waals surface area (Å²) in [4.78, 5) is 38.1. The van der Waals surface area contributed by atoms with E-state index in [1.54, 1.807) is 30.8 Å². The molecule has 0 aliphatic rings. The number of fused-ring (bicyclic) bond motifs is 2. The molecule has 0 radical (unpaired) electrons. The van der Waals surface area contributed by atoms with Gasteiger partial charge in [-0.2, -0.15) is 0 Å². The van der Waals surface area contributed by atoms with Crippen molar-refractivity contribution in [2.45, 2.75) is 13.8 Å². The number of amides is 1. The number of pyridine rings is 1. The monoisotopic (exact) mass is 533 g/mol. The Bertz CT molecular complexity index is 2000. The maximum atomic E-state index is 15.2. The predicted octanol–water partition coefficient (Wildman–Crippen LogP) is 6.28. The van der Waals surface area contributed by atoms with Crippen molar-refractivity contribution in [2.75, 3.05) is 5.32 Å². The van der Waals surface area contributed by atoms with Crippen LogP contribution in [0.1, 0.15) is 21.6 Å². The van der Waals surface area contributed by atoms with Crippen LogP contribution in [-0.4, -0.2) is 25.4 Å². The van der Waals surface area contributed by atoms with Gasteiger partial charge in [-0.3, -0.25) is 9.59 Å². The topological polar surface area (TPSA) is 102 Å². The first kappa shape index (κ1) is 25.0. The van der Waals surface area contributed by atoms with E-state index < -0.39 is 11.7 Å². The number of H-pyrrole nitrogens is 1. The Labute approximate surface area is 228 Å². The van der Waals surface area contributed by atoms with Gasteiger partial charge in [-0.15, -0.1) is 0 Å². The van der Waals surface area contributed by atoms with Gasteiger partial charge in [0.2, 0.25) is 11.3 Å². The van der Waals surface area contributed by atoms with Crippen LogP contribution in [0.25, 0.3) is 33.1 Å². The van der Waals surface area contributed by atoms with Crippen molar-refractivity contribution in [1.29, 1.82) is 0 Å². The van der Waals surface area contributed by atoms with Gasteiger partial charge in [-0.25, -0.2) is 14.4 Å². The quantitative estimate of drug-likeness (QED) is 0.272. The van der Waals surface area contributed by atoms with Gasteiger partial charge in [0.15, 0.2) is 11.6 Å². The molecule has 0 saturated heterocycles. The minimum Gasteiger partial charge on any atom is -0.435 e. The normalized spacial score (nSPS) is 11.2. The van der Waals surface area contributed by atoms with E-state index in [9.17, 15) is 9.59 Å². The van der Waals surface area contributed by atoms with E-state index >= 15 is 4.39 Å². The Morgan fingerprint density at radius 3 is 2.60 bits per heavy atom. The molecule has 0 unspecified atom stereocenters. The van der Waals surface area contributed by atoms with E-state index in [4.69, 9.17) is 4.74 Å². The number of hydrogen-bond donors (Lipinski definition) is 2. The zero-order valence-electron chi connectivity index (χ0n) is 21.9. The number of halogens is 1. The van der Waals surface area contributed by atoms with Crippen LogP contribution >= 0.6 is 0 Å². The van der Waals surface area contributed by atoms with Crippen LogP contribution in [0.15, 0.2) is 84.0 Å². The second-order valence-corrected chi connectivity index (χ2v) is 9.54. The van der Waals surface area contributed by atoms with Gasteiger partial charge in [-0.1, -0.05) is 42.0 Å². The first-order valence-electron chi connectivity index (χ1n) is 12.6. The average Bonchev–Trinajstić information content (AvgIpc) is 3.39. The summed E-state index contributed by atoms with van der Waals surface area (Å²) in [6.45, 7) is 3.59. The summed E-state index contributed by atoms with van der Waals surface area (Å²) in [5, 5.41) is 3.72. The standard InChI is InChI=1S/C31H24FN5O3/c1-17-9-11-24-21(13-17)28(38)26(18(2)37(24)3)30(39)36-20-10-12-25(23(32)14-20)40-31-27-22(19-7-5-4-6-8-19)15-33-29(27)34-16-35-31/h4-16H,1-3H3,(H,36,39)(H,33,34,35). The number of rotatable bonds is 5. The van der Waals surface area contributed by atoms with Crippen LogP contribution < -0.4 is 15.5 Å². The second kappa shape index (κ2) is 9.77. The molecule has 8 nitrogen and oxygen atoms in total. The molecule has 6 aromatic rings. The molecule has 0 fully saturated rings. The molecule has 198 valence electrons. The van der Waals surface area contributed by atoms with Crippen molar-refractivity contribution in [2.24, 2.45) is 7.05 Å². The van der Waals surface area contributed by atoms with Gasteiger partial charge in [0.1, 0.15) is 17.5 Å². The lowest BCUT2D eigenvalue weighted by Crippen LogP contribution is -2.26. The van der Waals surface area contributed by atoms with Gasteiger partial charge in [0, 0.05) is 41.6 Å². The van der Waals surface area contributed by atoms with Gasteiger partial charge < -0.3 is 19.6 Å². The van der Waals surface area contributed by atoms with E-state index in [0.29, 0.717) is 22.1 Å². The summed E-state index contributed by atoms with van der Waals surface area (Å²) in [5.74, 6) is -1.22. The highest BCUT2D eigenvalue weighted by Gasteiger charge is 2.20.